The van der Waals surface area contributed by atoms with Crippen LogP contribution in [0.3, 0.4) is 0 Å². The first-order valence-corrected chi connectivity index (χ1v) is 4.32. The van der Waals surface area contributed by atoms with Gasteiger partial charge in [-0.1, -0.05) is 0 Å². The quantitative estimate of drug-likeness (QED) is 0.577. The Morgan fingerprint density at radius 1 is 1.73 bits per heavy atom. The predicted molar refractivity (Wildman–Crippen MR) is 45.6 cm³/mol. The molecule has 1 fully saturated rings. The lowest BCUT2D eigenvalue weighted by atomic mass is 10.2. The fourth-order valence-electron chi connectivity index (χ4n) is 1.55. The maximum Gasteiger partial charge on any atom is 0.0639 e. The van der Waals surface area contributed by atoms with Gasteiger partial charge >= 0.3 is 0 Å². The van der Waals surface area contributed by atoms with E-state index in [1.807, 2.05) is 6.92 Å². The Morgan fingerprint density at radius 3 is 3.00 bits per heavy atom. The van der Waals surface area contributed by atoms with E-state index in [2.05, 4.69) is 17.1 Å². The van der Waals surface area contributed by atoms with E-state index in [-0.39, 0.29) is 6.10 Å². The Labute approximate surface area is 68.4 Å². The minimum atomic E-state index is -0.194. The van der Waals surface area contributed by atoms with Crippen LogP contribution < -0.4 is 5.32 Å². The van der Waals surface area contributed by atoms with Crippen LogP contribution in [0.15, 0.2) is 0 Å². The molecule has 0 amide bonds. The normalized spacial score (nSPS) is 30.3. The van der Waals surface area contributed by atoms with Gasteiger partial charge in [0.2, 0.25) is 0 Å². The fraction of sp³-hybridized carbons (Fsp3) is 1.00. The molecule has 66 valence electrons. The number of β-amino-alcohol motifs (C(OH)–C–C–N with tert-alkyl or cyclic N) is 1. The molecule has 0 aromatic carbocycles. The number of rotatable bonds is 2. The van der Waals surface area contributed by atoms with Gasteiger partial charge in [0, 0.05) is 32.2 Å². The summed E-state index contributed by atoms with van der Waals surface area (Å²) in [7, 11) is 0. The average Bonchev–Trinajstić information content (AvgIpc) is 1.85. The molecule has 0 aromatic heterocycles. The van der Waals surface area contributed by atoms with Crippen molar-refractivity contribution in [1.29, 1.82) is 0 Å². The van der Waals surface area contributed by atoms with E-state index in [9.17, 15) is 0 Å². The topological polar surface area (TPSA) is 35.5 Å². The molecule has 3 heteroatoms. The summed E-state index contributed by atoms with van der Waals surface area (Å²) in [6.07, 6.45) is -0.194. The molecule has 0 aliphatic carbocycles. The lowest BCUT2D eigenvalue weighted by Crippen LogP contribution is -2.50. The molecule has 2 N–H and O–H groups in total. The molecule has 1 unspecified atom stereocenters. The van der Waals surface area contributed by atoms with Crippen molar-refractivity contribution in [3.05, 3.63) is 0 Å². The third-order valence-electron chi connectivity index (χ3n) is 1.98. The number of piperazine rings is 1. The Hall–Kier alpha value is -0.120. The highest BCUT2D eigenvalue weighted by Crippen LogP contribution is 1.99. The highest BCUT2D eigenvalue weighted by Gasteiger charge is 2.15. The second kappa shape index (κ2) is 4.04. The SMILES string of the molecule is CC(O)CN1CCN[C@H](C)C1. The van der Waals surface area contributed by atoms with Gasteiger partial charge in [-0.05, 0) is 13.8 Å². The molecular formula is C8H18N2O. The molecule has 1 rings (SSSR count). The largest absolute Gasteiger partial charge is 0.392 e. The first kappa shape index (κ1) is 8.97. The summed E-state index contributed by atoms with van der Waals surface area (Å²) in [6, 6.07) is 0.572. The van der Waals surface area contributed by atoms with Crippen LogP contribution in [0.1, 0.15) is 13.8 Å². The molecule has 1 aliphatic heterocycles. The van der Waals surface area contributed by atoms with Crippen molar-refractivity contribution in [2.75, 3.05) is 26.2 Å². The van der Waals surface area contributed by atoms with Crippen LogP contribution in [0, 0.1) is 0 Å². The van der Waals surface area contributed by atoms with E-state index in [0.717, 1.165) is 26.2 Å². The standard InChI is InChI=1S/C8H18N2O/c1-7-5-10(4-3-9-7)6-8(2)11/h7-9,11H,3-6H2,1-2H3/t7-,8?/m1/s1. The van der Waals surface area contributed by atoms with Crippen molar-refractivity contribution >= 4 is 0 Å². The molecule has 11 heavy (non-hydrogen) atoms. The zero-order chi connectivity index (χ0) is 8.27. The average molecular weight is 158 g/mol. The summed E-state index contributed by atoms with van der Waals surface area (Å²) >= 11 is 0. The summed E-state index contributed by atoms with van der Waals surface area (Å²) < 4.78 is 0. The molecule has 0 saturated carbocycles. The van der Waals surface area contributed by atoms with E-state index < -0.39 is 0 Å². The summed E-state index contributed by atoms with van der Waals surface area (Å²) in [4.78, 5) is 2.30. The van der Waals surface area contributed by atoms with Gasteiger partial charge in [0.1, 0.15) is 0 Å². The van der Waals surface area contributed by atoms with Crippen LogP contribution in [0.25, 0.3) is 0 Å². The van der Waals surface area contributed by atoms with Crippen LogP contribution in [0.5, 0.6) is 0 Å². The lowest BCUT2D eigenvalue weighted by molar-refractivity contribution is 0.108. The monoisotopic (exact) mass is 158 g/mol. The Morgan fingerprint density at radius 2 is 2.45 bits per heavy atom. The van der Waals surface area contributed by atoms with Gasteiger partial charge in [-0.15, -0.1) is 0 Å². The van der Waals surface area contributed by atoms with Crippen LogP contribution in [-0.2, 0) is 0 Å². The molecule has 1 aliphatic rings. The van der Waals surface area contributed by atoms with Crippen LogP contribution in [0.4, 0.5) is 0 Å². The molecule has 0 radical (unpaired) electrons. The number of hydrogen-bond acceptors (Lipinski definition) is 3. The van der Waals surface area contributed by atoms with Gasteiger partial charge in [0.25, 0.3) is 0 Å². The van der Waals surface area contributed by atoms with E-state index in [4.69, 9.17) is 5.11 Å². The van der Waals surface area contributed by atoms with E-state index in [1.165, 1.54) is 0 Å². The van der Waals surface area contributed by atoms with Gasteiger partial charge < -0.3 is 10.4 Å². The second-order valence-corrected chi connectivity index (χ2v) is 3.46. The summed E-state index contributed by atoms with van der Waals surface area (Å²) in [5, 5.41) is 12.5. The maximum absolute atomic E-state index is 9.13. The maximum atomic E-state index is 9.13. The van der Waals surface area contributed by atoms with Gasteiger partial charge in [0.15, 0.2) is 0 Å². The fourth-order valence-corrected chi connectivity index (χ4v) is 1.55. The highest BCUT2D eigenvalue weighted by molar-refractivity contribution is 4.75. The number of nitrogens with one attached hydrogen (secondary N) is 1. The zero-order valence-corrected chi connectivity index (χ0v) is 7.38. The summed E-state index contributed by atoms with van der Waals surface area (Å²) in [6.45, 7) is 8.00. The lowest BCUT2D eigenvalue weighted by Gasteiger charge is -2.32. The Kier molecular flexibility index (Phi) is 3.30. The number of aliphatic hydroxyl groups excluding tert-OH is 1. The number of nitrogens with zero attached hydrogens (tertiary/aromatic N) is 1. The van der Waals surface area contributed by atoms with Crippen molar-refractivity contribution in [3.8, 4) is 0 Å². The molecule has 3 nitrogen and oxygen atoms in total. The van der Waals surface area contributed by atoms with Crippen molar-refractivity contribution in [2.24, 2.45) is 0 Å². The molecule has 1 heterocycles. The highest BCUT2D eigenvalue weighted by atomic mass is 16.3. The molecule has 2 atom stereocenters. The third kappa shape index (κ3) is 3.18. The van der Waals surface area contributed by atoms with Gasteiger partial charge in [-0.25, -0.2) is 0 Å². The van der Waals surface area contributed by atoms with Crippen LogP contribution >= 0.6 is 0 Å². The van der Waals surface area contributed by atoms with Crippen LogP contribution in [0.2, 0.25) is 0 Å². The Balaban J connectivity index is 2.23. The van der Waals surface area contributed by atoms with Gasteiger partial charge in [-0.2, -0.15) is 0 Å². The van der Waals surface area contributed by atoms with E-state index >= 15 is 0 Å². The van der Waals surface area contributed by atoms with Gasteiger partial charge in [-0.3, -0.25) is 4.90 Å². The molecular weight excluding hydrogens is 140 g/mol. The van der Waals surface area contributed by atoms with E-state index in [1.54, 1.807) is 0 Å². The van der Waals surface area contributed by atoms with Crippen molar-refractivity contribution in [1.82, 2.24) is 10.2 Å². The van der Waals surface area contributed by atoms with E-state index in [0.29, 0.717) is 6.04 Å². The minimum absolute atomic E-state index is 0.194. The molecule has 0 aromatic rings. The first-order valence-electron chi connectivity index (χ1n) is 4.32. The first-order chi connectivity index (χ1) is 5.18. The summed E-state index contributed by atoms with van der Waals surface area (Å²) in [5.41, 5.74) is 0. The number of hydrogen-bond donors (Lipinski definition) is 2. The molecule has 1 saturated heterocycles. The zero-order valence-electron chi connectivity index (χ0n) is 7.38. The Bertz CT molecular complexity index is 115. The molecule has 0 bridgehead atoms. The van der Waals surface area contributed by atoms with Crippen molar-refractivity contribution in [2.45, 2.75) is 26.0 Å². The smallest absolute Gasteiger partial charge is 0.0639 e. The van der Waals surface area contributed by atoms with Crippen LogP contribution in [-0.4, -0.2) is 48.3 Å². The van der Waals surface area contributed by atoms with Crippen molar-refractivity contribution in [3.63, 3.8) is 0 Å². The second-order valence-electron chi connectivity index (χ2n) is 3.46. The van der Waals surface area contributed by atoms with Crippen molar-refractivity contribution < 1.29 is 5.11 Å². The molecule has 0 spiro atoms. The summed E-state index contributed by atoms with van der Waals surface area (Å²) in [5.74, 6) is 0. The third-order valence-corrected chi connectivity index (χ3v) is 1.98. The van der Waals surface area contributed by atoms with Gasteiger partial charge in [0.05, 0.1) is 6.10 Å². The number of aliphatic hydroxyl groups is 1. The minimum Gasteiger partial charge on any atom is -0.392 e. The predicted octanol–water partition coefficient (Wildman–Crippen LogP) is -0.339.